The van der Waals surface area contributed by atoms with Gasteiger partial charge in [0.2, 0.25) is 0 Å². The highest BCUT2D eigenvalue weighted by Crippen LogP contribution is 2.25. The van der Waals surface area contributed by atoms with Gasteiger partial charge in [-0.05, 0) is 32.4 Å². The Balaban J connectivity index is 1.57. The predicted molar refractivity (Wildman–Crippen MR) is 84.8 cm³/mol. The van der Waals surface area contributed by atoms with E-state index in [-0.39, 0.29) is 0 Å². The number of aromatic nitrogens is 2. The number of nitrogens with zero attached hydrogens (tertiary/aromatic N) is 2. The van der Waals surface area contributed by atoms with Crippen LogP contribution < -0.4 is 4.74 Å². The van der Waals surface area contributed by atoms with E-state index in [2.05, 4.69) is 15.1 Å². The number of H-pyrrole nitrogens is 1. The Hall–Kier alpha value is -1.85. The maximum Gasteiger partial charge on any atom is 0.119 e. The topological polar surface area (TPSA) is 61.4 Å². The van der Waals surface area contributed by atoms with Crippen molar-refractivity contribution in [1.82, 2.24) is 15.1 Å². The summed E-state index contributed by atoms with van der Waals surface area (Å²) in [5.74, 6) is 0.802. The van der Waals surface area contributed by atoms with Crippen LogP contribution in [-0.4, -0.2) is 45.5 Å². The average Bonchev–Trinajstić information content (AvgIpc) is 3.05. The lowest BCUT2D eigenvalue weighted by Gasteiger charge is -2.23. The summed E-state index contributed by atoms with van der Waals surface area (Å²) in [5.41, 5.74) is 2.59. The summed E-state index contributed by atoms with van der Waals surface area (Å²) in [6.07, 6.45) is 0.732. The van der Waals surface area contributed by atoms with Gasteiger partial charge in [0.25, 0.3) is 0 Å². The SMILES string of the molecule is Cc1n[nH]c(C)c1CN1CC[C@@](O)(COc2ccccc2)C1. The maximum atomic E-state index is 10.7. The van der Waals surface area contributed by atoms with Gasteiger partial charge in [-0.3, -0.25) is 10.00 Å². The molecule has 2 heterocycles. The number of aryl methyl sites for hydroxylation is 2. The molecule has 0 aliphatic carbocycles. The molecule has 0 amide bonds. The highest BCUT2D eigenvalue weighted by atomic mass is 16.5. The Bertz CT molecular complexity index is 607. The molecule has 0 spiro atoms. The highest BCUT2D eigenvalue weighted by molar-refractivity contribution is 5.23. The van der Waals surface area contributed by atoms with Crippen LogP contribution in [0, 0.1) is 13.8 Å². The molecule has 1 aliphatic heterocycles. The Morgan fingerprint density at radius 1 is 1.32 bits per heavy atom. The van der Waals surface area contributed by atoms with Crippen molar-refractivity contribution in [2.75, 3.05) is 19.7 Å². The Kier molecular flexibility index (Phi) is 4.18. The molecule has 2 N–H and O–H groups in total. The number of aliphatic hydroxyl groups is 1. The summed E-state index contributed by atoms with van der Waals surface area (Å²) in [4.78, 5) is 2.26. The quantitative estimate of drug-likeness (QED) is 0.887. The first kappa shape index (κ1) is 15.1. The van der Waals surface area contributed by atoms with Gasteiger partial charge < -0.3 is 9.84 Å². The number of nitrogens with one attached hydrogen (secondary N) is 1. The molecule has 5 nitrogen and oxygen atoms in total. The summed E-state index contributed by atoms with van der Waals surface area (Å²) in [5, 5.41) is 17.9. The summed E-state index contributed by atoms with van der Waals surface area (Å²) in [6, 6.07) is 9.65. The molecule has 1 saturated heterocycles. The van der Waals surface area contributed by atoms with Gasteiger partial charge in [-0.1, -0.05) is 18.2 Å². The van der Waals surface area contributed by atoms with Crippen molar-refractivity contribution in [1.29, 1.82) is 0 Å². The first-order valence-corrected chi connectivity index (χ1v) is 7.69. The van der Waals surface area contributed by atoms with Crippen molar-refractivity contribution in [2.45, 2.75) is 32.4 Å². The number of ether oxygens (including phenoxy) is 1. The average molecular weight is 301 g/mol. The number of hydrogen-bond acceptors (Lipinski definition) is 4. The third-order valence-corrected chi connectivity index (χ3v) is 4.32. The molecular weight excluding hydrogens is 278 g/mol. The molecule has 5 heteroatoms. The molecular formula is C17H23N3O2. The zero-order valence-corrected chi connectivity index (χ0v) is 13.2. The van der Waals surface area contributed by atoms with E-state index >= 15 is 0 Å². The largest absolute Gasteiger partial charge is 0.491 e. The molecule has 1 aromatic heterocycles. The normalized spacial score (nSPS) is 22.1. The molecule has 0 saturated carbocycles. The van der Waals surface area contributed by atoms with Gasteiger partial charge in [-0.2, -0.15) is 5.10 Å². The van der Waals surface area contributed by atoms with Crippen molar-refractivity contribution in [3.8, 4) is 5.75 Å². The van der Waals surface area contributed by atoms with Crippen LogP contribution in [0.3, 0.4) is 0 Å². The molecule has 1 aliphatic rings. The standard InChI is InChI=1S/C17H23N3O2/c1-13-16(14(2)19-18-13)10-20-9-8-17(21,11-20)12-22-15-6-4-3-5-7-15/h3-7,21H,8-12H2,1-2H3,(H,18,19)/t17-/m0/s1. The van der Waals surface area contributed by atoms with E-state index in [0.29, 0.717) is 13.2 Å². The lowest BCUT2D eigenvalue weighted by molar-refractivity contribution is 0.00335. The molecule has 2 aromatic rings. The molecule has 0 unspecified atom stereocenters. The van der Waals surface area contributed by atoms with Crippen molar-refractivity contribution in [2.24, 2.45) is 0 Å². The second-order valence-corrected chi connectivity index (χ2v) is 6.20. The van der Waals surface area contributed by atoms with Crippen LogP contribution in [-0.2, 0) is 6.54 Å². The van der Waals surface area contributed by atoms with E-state index in [9.17, 15) is 5.11 Å². The fraction of sp³-hybridized carbons (Fsp3) is 0.471. The van der Waals surface area contributed by atoms with Gasteiger partial charge in [0, 0.05) is 30.9 Å². The highest BCUT2D eigenvalue weighted by Gasteiger charge is 2.37. The fourth-order valence-corrected chi connectivity index (χ4v) is 2.96. The number of para-hydroxylation sites is 1. The number of aromatic amines is 1. The van der Waals surface area contributed by atoms with E-state index in [1.807, 2.05) is 44.2 Å². The van der Waals surface area contributed by atoms with E-state index in [0.717, 1.165) is 36.6 Å². The molecule has 1 atom stereocenters. The Labute approximate surface area is 130 Å². The molecule has 0 radical (unpaired) electrons. The van der Waals surface area contributed by atoms with E-state index in [1.54, 1.807) is 0 Å². The van der Waals surface area contributed by atoms with Gasteiger partial charge >= 0.3 is 0 Å². The van der Waals surface area contributed by atoms with Crippen molar-refractivity contribution in [3.05, 3.63) is 47.3 Å². The number of hydrogen-bond donors (Lipinski definition) is 2. The van der Waals surface area contributed by atoms with Gasteiger partial charge in [0.05, 0.1) is 5.69 Å². The smallest absolute Gasteiger partial charge is 0.119 e. The Morgan fingerprint density at radius 2 is 2.09 bits per heavy atom. The van der Waals surface area contributed by atoms with Gasteiger partial charge in [0.15, 0.2) is 0 Å². The van der Waals surface area contributed by atoms with Gasteiger partial charge in [-0.15, -0.1) is 0 Å². The molecule has 1 fully saturated rings. The van der Waals surface area contributed by atoms with E-state index < -0.39 is 5.60 Å². The van der Waals surface area contributed by atoms with Crippen LogP contribution in [0.1, 0.15) is 23.4 Å². The van der Waals surface area contributed by atoms with Crippen LogP contribution in [0.15, 0.2) is 30.3 Å². The van der Waals surface area contributed by atoms with Crippen LogP contribution in [0.5, 0.6) is 5.75 Å². The minimum Gasteiger partial charge on any atom is -0.491 e. The molecule has 0 bridgehead atoms. The summed E-state index contributed by atoms with van der Waals surface area (Å²) in [6.45, 7) is 6.71. The number of rotatable bonds is 5. The van der Waals surface area contributed by atoms with Crippen molar-refractivity contribution < 1.29 is 9.84 Å². The third-order valence-electron chi connectivity index (χ3n) is 4.32. The lowest BCUT2D eigenvalue weighted by atomic mass is 10.1. The van der Waals surface area contributed by atoms with Gasteiger partial charge in [0.1, 0.15) is 18.0 Å². The maximum absolute atomic E-state index is 10.7. The van der Waals surface area contributed by atoms with Gasteiger partial charge in [-0.25, -0.2) is 0 Å². The third kappa shape index (κ3) is 3.31. The number of likely N-dealkylation sites (tertiary alicyclic amines) is 1. The lowest BCUT2D eigenvalue weighted by Crippen LogP contribution is -2.39. The first-order valence-electron chi connectivity index (χ1n) is 7.69. The molecule has 3 rings (SSSR count). The van der Waals surface area contributed by atoms with Crippen molar-refractivity contribution >= 4 is 0 Å². The fourth-order valence-electron chi connectivity index (χ4n) is 2.96. The monoisotopic (exact) mass is 301 g/mol. The van der Waals surface area contributed by atoms with Crippen LogP contribution >= 0.6 is 0 Å². The second-order valence-electron chi connectivity index (χ2n) is 6.20. The van der Waals surface area contributed by atoms with E-state index in [1.165, 1.54) is 5.56 Å². The number of β-amino-alcohol motifs (C(OH)–C–C–N with tert-alkyl or cyclic N) is 1. The van der Waals surface area contributed by atoms with Crippen molar-refractivity contribution in [3.63, 3.8) is 0 Å². The van der Waals surface area contributed by atoms with Crippen LogP contribution in [0.25, 0.3) is 0 Å². The zero-order chi connectivity index (χ0) is 15.6. The summed E-state index contributed by atoms with van der Waals surface area (Å²) >= 11 is 0. The second kappa shape index (κ2) is 6.10. The number of benzene rings is 1. The predicted octanol–water partition coefficient (Wildman–Crippen LogP) is 2.04. The molecule has 118 valence electrons. The minimum atomic E-state index is -0.776. The molecule has 22 heavy (non-hydrogen) atoms. The zero-order valence-electron chi connectivity index (χ0n) is 13.2. The first-order chi connectivity index (χ1) is 10.6. The van der Waals surface area contributed by atoms with Crippen LogP contribution in [0.2, 0.25) is 0 Å². The summed E-state index contributed by atoms with van der Waals surface area (Å²) < 4.78 is 5.73. The summed E-state index contributed by atoms with van der Waals surface area (Å²) in [7, 11) is 0. The van der Waals surface area contributed by atoms with Crippen LogP contribution in [0.4, 0.5) is 0 Å². The minimum absolute atomic E-state index is 0.330. The van der Waals surface area contributed by atoms with E-state index in [4.69, 9.17) is 4.74 Å². The molecule has 1 aromatic carbocycles. The Morgan fingerprint density at radius 3 is 2.77 bits per heavy atom.